The molecule has 0 fully saturated rings. The van der Waals surface area contributed by atoms with Gasteiger partial charge >= 0.3 is 5.97 Å². The van der Waals surface area contributed by atoms with E-state index in [-0.39, 0.29) is 17.2 Å². The molecule has 1 aromatic carbocycles. The summed E-state index contributed by atoms with van der Waals surface area (Å²) in [6.45, 7) is 10.8. The molecule has 0 radical (unpaired) electrons. The monoisotopic (exact) mass is 291 g/mol. The van der Waals surface area contributed by atoms with Gasteiger partial charge in [0.05, 0.1) is 23.8 Å². The van der Waals surface area contributed by atoms with Crippen molar-refractivity contribution in [2.75, 3.05) is 0 Å². The second kappa shape index (κ2) is 5.78. The minimum Gasteiger partial charge on any atom is -0.478 e. The van der Waals surface area contributed by atoms with Crippen molar-refractivity contribution >= 4 is 14.3 Å². The summed E-state index contributed by atoms with van der Waals surface area (Å²) in [4.78, 5) is 11.2. The average Bonchev–Trinajstić information content (AvgIpc) is 2.34. The quantitative estimate of drug-likeness (QED) is 0.857. The van der Waals surface area contributed by atoms with Crippen molar-refractivity contribution in [2.24, 2.45) is 0 Å². The van der Waals surface area contributed by atoms with E-state index in [1.54, 1.807) is 6.07 Å². The molecule has 4 nitrogen and oxygen atoms in total. The Hall–Kier alpha value is -1.64. The summed E-state index contributed by atoms with van der Waals surface area (Å²) < 4.78 is 6.04. The van der Waals surface area contributed by atoms with E-state index in [0.29, 0.717) is 11.1 Å². The summed E-state index contributed by atoms with van der Waals surface area (Å²) in [5.41, 5.74) is 1.20. The Morgan fingerprint density at radius 2 is 2.00 bits per heavy atom. The lowest BCUT2D eigenvalue weighted by atomic mass is 10.1. The molecule has 0 saturated carbocycles. The van der Waals surface area contributed by atoms with E-state index in [4.69, 9.17) is 9.69 Å². The molecule has 0 amide bonds. The molecule has 20 heavy (non-hydrogen) atoms. The molecule has 1 N–H and O–H groups in total. The molecule has 5 heteroatoms. The largest absolute Gasteiger partial charge is 0.478 e. The van der Waals surface area contributed by atoms with E-state index in [1.165, 1.54) is 12.1 Å². The van der Waals surface area contributed by atoms with Crippen molar-refractivity contribution in [1.82, 2.24) is 0 Å². The Morgan fingerprint density at radius 1 is 1.40 bits per heavy atom. The Kier molecular flexibility index (Phi) is 4.74. The third-order valence-corrected chi connectivity index (χ3v) is 8.34. The van der Waals surface area contributed by atoms with Crippen molar-refractivity contribution in [3.63, 3.8) is 0 Å². The Labute approximate surface area is 121 Å². The van der Waals surface area contributed by atoms with Crippen LogP contribution < -0.4 is 0 Å². The van der Waals surface area contributed by atoms with E-state index in [0.717, 1.165) is 0 Å². The maximum absolute atomic E-state index is 11.2. The van der Waals surface area contributed by atoms with E-state index < -0.39 is 14.3 Å². The molecule has 0 saturated heterocycles. The molecule has 0 atom stereocenters. The number of rotatable bonds is 4. The summed E-state index contributed by atoms with van der Waals surface area (Å²) in [7, 11) is -1.95. The second-order valence-electron chi connectivity index (χ2n) is 6.34. The minimum absolute atomic E-state index is 0.0588. The first kappa shape index (κ1) is 16.4. The Morgan fingerprint density at radius 3 is 2.45 bits per heavy atom. The van der Waals surface area contributed by atoms with Gasteiger partial charge in [0.25, 0.3) is 0 Å². The van der Waals surface area contributed by atoms with Crippen LogP contribution in [0.25, 0.3) is 0 Å². The maximum atomic E-state index is 11.2. The van der Waals surface area contributed by atoms with Crippen LogP contribution >= 0.6 is 0 Å². The van der Waals surface area contributed by atoms with E-state index in [1.807, 2.05) is 6.07 Å². The van der Waals surface area contributed by atoms with E-state index in [2.05, 4.69) is 33.9 Å². The lowest BCUT2D eigenvalue weighted by Gasteiger charge is -2.36. The number of nitrogens with zero attached hydrogens (tertiary/aromatic N) is 1. The van der Waals surface area contributed by atoms with Crippen LogP contribution in [0.5, 0.6) is 0 Å². The van der Waals surface area contributed by atoms with Gasteiger partial charge in [-0.05, 0) is 41.9 Å². The molecule has 1 rings (SSSR count). The van der Waals surface area contributed by atoms with Crippen molar-refractivity contribution in [3.05, 3.63) is 34.9 Å². The zero-order valence-corrected chi connectivity index (χ0v) is 13.7. The zero-order valence-electron chi connectivity index (χ0n) is 12.7. The molecule has 0 spiro atoms. The van der Waals surface area contributed by atoms with Crippen LogP contribution in [0.2, 0.25) is 18.1 Å². The molecule has 0 aliphatic heterocycles. The molecule has 1 aromatic rings. The number of benzene rings is 1. The molecule has 0 aliphatic carbocycles. The van der Waals surface area contributed by atoms with E-state index >= 15 is 0 Å². The number of hydrogen-bond acceptors (Lipinski definition) is 3. The summed E-state index contributed by atoms with van der Waals surface area (Å²) in [6, 6.07) is 6.59. The predicted octanol–water partition coefficient (Wildman–Crippen LogP) is 3.78. The summed E-state index contributed by atoms with van der Waals surface area (Å²) in [6.07, 6.45) is 0. The lowest BCUT2D eigenvalue weighted by Crippen LogP contribution is -2.40. The molecule has 0 aromatic heterocycles. The smallest absolute Gasteiger partial charge is 0.336 e. The van der Waals surface area contributed by atoms with Crippen LogP contribution in [-0.2, 0) is 11.0 Å². The van der Waals surface area contributed by atoms with Crippen molar-refractivity contribution in [2.45, 2.75) is 45.5 Å². The topological polar surface area (TPSA) is 70.3 Å². The highest BCUT2D eigenvalue weighted by Gasteiger charge is 2.37. The zero-order chi connectivity index (χ0) is 15.6. The summed E-state index contributed by atoms with van der Waals surface area (Å²) in [5, 5.41) is 18.2. The fourth-order valence-corrected chi connectivity index (χ4v) is 2.42. The molecule has 0 bridgehead atoms. The van der Waals surface area contributed by atoms with Crippen LogP contribution in [0.3, 0.4) is 0 Å². The first-order valence-corrected chi connectivity index (χ1v) is 9.39. The molecular formula is C15H21NO3Si. The third-order valence-electron chi connectivity index (χ3n) is 3.86. The van der Waals surface area contributed by atoms with Gasteiger partial charge in [0.1, 0.15) is 0 Å². The first-order valence-electron chi connectivity index (χ1n) is 6.49. The van der Waals surface area contributed by atoms with Crippen molar-refractivity contribution in [1.29, 1.82) is 5.26 Å². The van der Waals surface area contributed by atoms with Crippen LogP contribution in [-0.4, -0.2) is 19.4 Å². The van der Waals surface area contributed by atoms with Gasteiger partial charge in [-0.25, -0.2) is 4.79 Å². The van der Waals surface area contributed by atoms with Crippen LogP contribution in [0.1, 0.15) is 42.3 Å². The molecule has 108 valence electrons. The highest BCUT2D eigenvalue weighted by molar-refractivity contribution is 6.74. The van der Waals surface area contributed by atoms with Gasteiger partial charge in [-0.3, -0.25) is 0 Å². The lowest BCUT2D eigenvalue weighted by molar-refractivity contribution is 0.0693. The average molecular weight is 291 g/mol. The number of carboxylic acids is 1. The third kappa shape index (κ3) is 3.68. The summed E-state index contributed by atoms with van der Waals surface area (Å²) >= 11 is 0. The van der Waals surface area contributed by atoms with Crippen molar-refractivity contribution < 1.29 is 14.3 Å². The summed E-state index contributed by atoms with van der Waals surface area (Å²) in [5.74, 6) is -0.997. The van der Waals surface area contributed by atoms with Gasteiger partial charge in [-0.15, -0.1) is 0 Å². The minimum atomic E-state index is -1.95. The Bertz CT molecular complexity index is 553. The molecular weight excluding hydrogens is 270 g/mol. The first-order chi connectivity index (χ1) is 9.08. The number of carboxylic acid groups (broad SMARTS) is 1. The number of aromatic carboxylic acids is 1. The van der Waals surface area contributed by atoms with E-state index in [9.17, 15) is 9.90 Å². The second-order valence-corrected chi connectivity index (χ2v) is 11.1. The SMILES string of the molecule is CC(C)(C)[Si](C)(C)OCc1cc(C#N)ccc1C(=O)O. The predicted molar refractivity (Wildman–Crippen MR) is 80.1 cm³/mol. The molecule has 0 heterocycles. The van der Waals surface area contributed by atoms with Gasteiger partial charge in [0.15, 0.2) is 8.32 Å². The van der Waals surface area contributed by atoms with Crippen LogP contribution in [0.15, 0.2) is 18.2 Å². The fraction of sp³-hybridized carbons (Fsp3) is 0.467. The fourth-order valence-electron chi connectivity index (χ4n) is 1.47. The Balaban J connectivity index is 3.03. The number of nitriles is 1. The van der Waals surface area contributed by atoms with Gasteiger partial charge in [0.2, 0.25) is 0 Å². The van der Waals surface area contributed by atoms with Crippen molar-refractivity contribution in [3.8, 4) is 6.07 Å². The van der Waals surface area contributed by atoms with Gasteiger partial charge in [-0.2, -0.15) is 5.26 Å². The number of carbonyl (C=O) groups is 1. The number of hydrogen-bond donors (Lipinski definition) is 1. The molecule has 0 aliphatic rings. The van der Waals surface area contributed by atoms with Gasteiger partial charge < -0.3 is 9.53 Å². The standard InChI is InChI=1S/C15H21NO3Si/c1-15(2,3)20(4,5)19-10-12-8-11(9-16)6-7-13(12)14(17)18/h6-8H,10H2,1-5H3,(H,17,18). The van der Waals surface area contributed by atoms with Crippen LogP contribution in [0, 0.1) is 11.3 Å². The highest BCUT2D eigenvalue weighted by Crippen LogP contribution is 2.37. The van der Waals surface area contributed by atoms with Crippen LogP contribution in [0.4, 0.5) is 0 Å². The maximum Gasteiger partial charge on any atom is 0.336 e. The van der Waals surface area contributed by atoms with Gasteiger partial charge in [-0.1, -0.05) is 20.8 Å². The van der Waals surface area contributed by atoms with Gasteiger partial charge in [0, 0.05) is 0 Å². The normalized spacial score (nSPS) is 12.0. The highest BCUT2D eigenvalue weighted by atomic mass is 28.4. The molecule has 0 unspecified atom stereocenters.